The van der Waals surface area contributed by atoms with Gasteiger partial charge >= 0.3 is 0 Å². The zero-order chi connectivity index (χ0) is 24.3. The van der Waals surface area contributed by atoms with Gasteiger partial charge in [-0.15, -0.1) is 11.3 Å². The normalized spacial score (nSPS) is 12.1. The molecule has 0 spiro atoms. The van der Waals surface area contributed by atoms with Gasteiger partial charge in [0.1, 0.15) is 0 Å². The van der Waals surface area contributed by atoms with E-state index in [9.17, 15) is 8.42 Å². The molecule has 0 saturated carbocycles. The van der Waals surface area contributed by atoms with Crippen molar-refractivity contribution in [3.05, 3.63) is 53.9 Å². The number of hydrogen-bond donors (Lipinski definition) is 0. The first-order valence-electron chi connectivity index (χ1n) is 10.2. The number of fused-ring (bicyclic) bond motifs is 1. The minimum atomic E-state index is -3.84. The molecule has 4 aromatic rings. The summed E-state index contributed by atoms with van der Waals surface area (Å²) >= 11 is 1.09. The maximum Gasteiger partial charge on any atom is 0.253 e. The summed E-state index contributed by atoms with van der Waals surface area (Å²) in [6.07, 6.45) is 3.18. The summed E-state index contributed by atoms with van der Waals surface area (Å²) in [6.45, 7) is 0. The third-order valence-electron chi connectivity index (χ3n) is 4.54. The highest BCUT2D eigenvalue weighted by atomic mass is 32.2. The zero-order valence-corrected chi connectivity index (χ0v) is 20.7. The summed E-state index contributed by atoms with van der Waals surface area (Å²) in [5, 5.41) is 2.25. The number of hydrogen-bond acceptors (Lipinski definition) is 8. The third-order valence-corrected chi connectivity index (χ3v) is 7.55. The first-order chi connectivity index (χ1) is 16.2. The van der Waals surface area contributed by atoms with Gasteiger partial charge in [-0.2, -0.15) is 4.98 Å². The van der Waals surface area contributed by atoms with Crippen molar-refractivity contribution >= 4 is 56.5 Å². The van der Waals surface area contributed by atoms with E-state index >= 15 is 0 Å². The van der Waals surface area contributed by atoms with Crippen LogP contribution < -0.4 is 0 Å². The van der Waals surface area contributed by atoms with Crippen molar-refractivity contribution in [3.63, 3.8) is 0 Å². The molecule has 2 aromatic heterocycles. The molecule has 0 radical (unpaired) electrons. The number of aliphatic imine (C=N–C) groups is 2. The Hall–Kier alpha value is -3.70. The highest BCUT2D eigenvalue weighted by molar-refractivity contribution is 7.93. The van der Waals surface area contributed by atoms with E-state index in [2.05, 4.69) is 24.9 Å². The van der Waals surface area contributed by atoms with Gasteiger partial charge in [-0.05, 0) is 18.2 Å². The lowest BCUT2D eigenvalue weighted by molar-refractivity contribution is 0.595. The van der Waals surface area contributed by atoms with Gasteiger partial charge in [0.2, 0.25) is 14.2 Å². The summed E-state index contributed by atoms with van der Waals surface area (Å²) < 4.78 is 26.8. The fourth-order valence-corrected chi connectivity index (χ4v) is 5.40. The SMILES string of the molecule is CN(C)C=Nc1nc(/N=C/N(C)C)nc2ccc(S(=O)(=O)c3nc(-c4ccccc4)cs3)cc12. The molecule has 2 heterocycles. The molecular formula is C23H23N7O2S2. The summed E-state index contributed by atoms with van der Waals surface area (Å²) in [7, 11) is 3.51. The van der Waals surface area contributed by atoms with Crippen LogP contribution in [0.3, 0.4) is 0 Å². The van der Waals surface area contributed by atoms with Crippen LogP contribution in [0.25, 0.3) is 22.2 Å². The Bertz CT molecular complexity index is 1480. The topological polar surface area (TPSA) is 104 Å². The highest BCUT2D eigenvalue weighted by Crippen LogP contribution is 2.32. The van der Waals surface area contributed by atoms with Crippen molar-refractivity contribution < 1.29 is 8.42 Å². The number of nitrogens with zero attached hydrogens (tertiary/aromatic N) is 7. The fraction of sp³-hybridized carbons (Fsp3) is 0.174. The molecule has 0 aliphatic carbocycles. The largest absolute Gasteiger partial charge is 0.369 e. The van der Waals surface area contributed by atoms with Gasteiger partial charge in [0, 0.05) is 44.5 Å². The summed E-state index contributed by atoms with van der Waals surface area (Å²) in [6, 6.07) is 14.2. The predicted molar refractivity (Wildman–Crippen MR) is 136 cm³/mol. The monoisotopic (exact) mass is 493 g/mol. The summed E-state index contributed by atoms with van der Waals surface area (Å²) in [5.74, 6) is 0.556. The van der Waals surface area contributed by atoms with E-state index in [4.69, 9.17) is 0 Å². The molecule has 0 N–H and O–H groups in total. The number of benzene rings is 2. The molecule has 0 aliphatic rings. The standard InChI is InChI=1S/C23H23N7O2S2/c1-29(2)14-24-21-18-12-17(10-11-19(18)26-22(28-21)25-15-30(3)4)34(31,32)23-27-20(13-33-23)16-8-6-5-7-9-16/h5-15H,1-4H3/b24-14?,25-15+. The molecule has 0 bridgehead atoms. The van der Waals surface area contributed by atoms with E-state index in [1.807, 2.05) is 58.5 Å². The molecule has 34 heavy (non-hydrogen) atoms. The molecule has 11 heteroatoms. The van der Waals surface area contributed by atoms with Crippen LogP contribution in [0.5, 0.6) is 0 Å². The predicted octanol–water partition coefficient (Wildman–Crippen LogP) is 4.03. The molecule has 174 valence electrons. The minimum absolute atomic E-state index is 0.0252. The van der Waals surface area contributed by atoms with Gasteiger partial charge < -0.3 is 9.80 Å². The second-order valence-corrected chi connectivity index (χ2v) is 10.8. The number of thiazole rings is 1. The van der Waals surface area contributed by atoms with Gasteiger partial charge in [-0.25, -0.2) is 28.4 Å². The number of aromatic nitrogens is 3. The van der Waals surface area contributed by atoms with Crippen molar-refractivity contribution in [2.45, 2.75) is 9.24 Å². The molecule has 0 atom stereocenters. The van der Waals surface area contributed by atoms with Crippen molar-refractivity contribution in [2.75, 3.05) is 28.2 Å². The minimum Gasteiger partial charge on any atom is -0.369 e. The van der Waals surface area contributed by atoms with E-state index in [0.717, 1.165) is 16.9 Å². The lowest BCUT2D eigenvalue weighted by Gasteiger charge is -2.08. The molecule has 0 unspecified atom stereocenters. The maximum absolute atomic E-state index is 13.4. The van der Waals surface area contributed by atoms with Crippen molar-refractivity contribution in [1.29, 1.82) is 0 Å². The number of rotatable bonds is 7. The van der Waals surface area contributed by atoms with Gasteiger partial charge in [-0.1, -0.05) is 30.3 Å². The highest BCUT2D eigenvalue weighted by Gasteiger charge is 2.23. The second-order valence-electron chi connectivity index (χ2n) is 7.81. The van der Waals surface area contributed by atoms with Crippen LogP contribution in [-0.4, -0.2) is 74.0 Å². The third kappa shape index (κ3) is 5.10. The fourth-order valence-electron chi connectivity index (χ4n) is 2.96. The Labute approximate surface area is 202 Å². The molecule has 4 rings (SSSR count). The Morgan fingerprint density at radius 3 is 2.29 bits per heavy atom. The Balaban J connectivity index is 1.80. The van der Waals surface area contributed by atoms with Crippen LogP contribution in [0, 0.1) is 0 Å². The number of sulfone groups is 1. The lowest BCUT2D eigenvalue weighted by atomic mass is 10.2. The molecule has 9 nitrogen and oxygen atoms in total. The lowest BCUT2D eigenvalue weighted by Crippen LogP contribution is -2.08. The zero-order valence-electron chi connectivity index (χ0n) is 19.1. The Morgan fingerprint density at radius 1 is 0.882 bits per heavy atom. The molecule has 0 amide bonds. The van der Waals surface area contributed by atoms with Gasteiger partial charge in [0.25, 0.3) is 5.95 Å². The van der Waals surface area contributed by atoms with Crippen LogP contribution in [0.1, 0.15) is 0 Å². The van der Waals surface area contributed by atoms with E-state index in [-0.39, 0.29) is 15.2 Å². The molecule has 0 saturated heterocycles. The second kappa shape index (κ2) is 9.65. The van der Waals surface area contributed by atoms with Gasteiger partial charge in [0.05, 0.1) is 28.8 Å². The van der Waals surface area contributed by atoms with E-state index in [1.54, 1.807) is 33.9 Å². The van der Waals surface area contributed by atoms with Crippen molar-refractivity contribution in [3.8, 4) is 11.3 Å². The molecule has 2 aromatic carbocycles. The molecular weight excluding hydrogens is 470 g/mol. The van der Waals surface area contributed by atoms with Crippen molar-refractivity contribution in [1.82, 2.24) is 24.8 Å². The first kappa shape index (κ1) is 23.5. The van der Waals surface area contributed by atoms with Gasteiger partial charge in [-0.3, -0.25) is 0 Å². The summed E-state index contributed by atoms with van der Waals surface area (Å²) in [5.41, 5.74) is 2.01. The molecule has 0 fully saturated rings. The van der Waals surface area contributed by atoms with Crippen LogP contribution in [0.2, 0.25) is 0 Å². The Morgan fingerprint density at radius 2 is 1.59 bits per heavy atom. The van der Waals surface area contributed by atoms with E-state index in [0.29, 0.717) is 22.4 Å². The average Bonchev–Trinajstić information content (AvgIpc) is 3.33. The van der Waals surface area contributed by atoms with Crippen LogP contribution >= 0.6 is 11.3 Å². The van der Waals surface area contributed by atoms with Crippen LogP contribution in [0.4, 0.5) is 11.8 Å². The first-order valence-corrected chi connectivity index (χ1v) is 12.6. The molecule has 0 aliphatic heterocycles. The van der Waals surface area contributed by atoms with Crippen LogP contribution in [0.15, 0.2) is 73.1 Å². The Kier molecular flexibility index (Phi) is 6.66. The van der Waals surface area contributed by atoms with Crippen LogP contribution in [-0.2, 0) is 9.84 Å². The average molecular weight is 494 g/mol. The quantitative estimate of drug-likeness (QED) is 0.283. The maximum atomic E-state index is 13.4. The van der Waals surface area contributed by atoms with Crippen molar-refractivity contribution in [2.24, 2.45) is 9.98 Å². The smallest absolute Gasteiger partial charge is 0.253 e. The summed E-state index contributed by atoms with van der Waals surface area (Å²) in [4.78, 5) is 25.5. The van der Waals surface area contributed by atoms with E-state index < -0.39 is 9.84 Å². The van der Waals surface area contributed by atoms with Gasteiger partial charge in [0.15, 0.2) is 5.82 Å². The van der Waals surface area contributed by atoms with E-state index in [1.165, 1.54) is 12.1 Å².